The third-order valence-corrected chi connectivity index (χ3v) is 2.88. The number of aliphatic hydroxyl groups is 1. The van der Waals surface area contributed by atoms with E-state index in [0.29, 0.717) is 13.0 Å². The third-order valence-electron chi connectivity index (χ3n) is 2.88. The molecule has 0 saturated carbocycles. The summed E-state index contributed by atoms with van der Waals surface area (Å²) in [7, 11) is 3.34. The summed E-state index contributed by atoms with van der Waals surface area (Å²) < 4.78 is 0. The maximum absolute atomic E-state index is 11.5. The fraction of sp³-hybridized carbons (Fsp3) is 0.800. The predicted molar refractivity (Wildman–Crippen MR) is 60.5 cm³/mol. The number of nitrogens with one attached hydrogen (secondary N) is 2. The molecule has 1 fully saturated rings. The monoisotopic (exact) mass is 245 g/mol. The smallest absolute Gasteiger partial charge is 0.320 e. The van der Waals surface area contributed by atoms with E-state index in [2.05, 4.69) is 10.6 Å². The second-order valence-corrected chi connectivity index (χ2v) is 4.31. The number of carbonyl (C=O) groups is 2. The number of likely N-dealkylation sites (tertiary alicyclic amines) is 1. The number of rotatable bonds is 5. The first-order valence-corrected chi connectivity index (χ1v) is 5.51. The average Bonchev–Trinajstić information content (AvgIpc) is 2.59. The van der Waals surface area contributed by atoms with Crippen molar-refractivity contribution in [3.63, 3.8) is 0 Å². The Hall–Kier alpha value is -1.18. The Balaban J connectivity index is 2.44. The maximum atomic E-state index is 11.5. The molecule has 4 N–H and O–H groups in total. The summed E-state index contributed by atoms with van der Waals surface area (Å²) in [5, 5.41) is 23.7. The summed E-state index contributed by atoms with van der Waals surface area (Å²) in [5.74, 6) is -1.36. The molecule has 3 atom stereocenters. The Labute approximate surface area is 99.8 Å². The summed E-state index contributed by atoms with van der Waals surface area (Å²) in [5.41, 5.74) is 0. The molecule has 3 unspecified atom stereocenters. The van der Waals surface area contributed by atoms with Crippen LogP contribution in [0.15, 0.2) is 0 Å². The molecule has 17 heavy (non-hydrogen) atoms. The minimum atomic E-state index is -1.10. The number of carboxylic acids is 1. The highest BCUT2D eigenvalue weighted by Crippen LogP contribution is 2.15. The van der Waals surface area contributed by atoms with Crippen molar-refractivity contribution in [1.29, 1.82) is 0 Å². The van der Waals surface area contributed by atoms with Crippen molar-refractivity contribution >= 4 is 11.9 Å². The number of hydrogen-bond acceptors (Lipinski definition) is 5. The van der Waals surface area contributed by atoms with Gasteiger partial charge in [-0.25, -0.2) is 0 Å². The second-order valence-electron chi connectivity index (χ2n) is 4.31. The van der Waals surface area contributed by atoms with Gasteiger partial charge in [0.05, 0.1) is 0 Å². The fourth-order valence-corrected chi connectivity index (χ4v) is 1.98. The molecule has 1 heterocycles. The molecule has 98 valence electrons. The Bertz CT molecular complexity index is 297. The molecular weight excluding hydrogens is 226 g/mol. The van der Waals surface area contributed by atoms with Gasteiger partial charge in [0.2, 0.25) is 5.91 Å². The molecule has 1 saturated heterocycles. The summed E-state index contributed by atoms with van der Waals surface area (Å²) in [6, 6.07) is -0.790. The molecule has 0 radical (unpaired) electrons. The van der Waals surface area contributed by atoms with Gasteiger partial charge in [-0.15, -0.1) is 0 Å². The van der Waals surface area contributed by atoms with Crippen LogP contribution in [-0.4, -0.2) is 72.4 Å². The van der Waals surface area contributed by atoms with Gasteiger partial charge >= 0.3 is 5.97 Å². The molecule has 1 aliphatic heterocycles. The lowest BCUT2D eigenvalue weighted by Crippen LogP contribution is -2.45. The van der Waals surface area contributed by atoms with E-state index in [0.717, 1.165) is 0 Å². The van der Waals surface area contributed by atoms with Crippen LogP contribution in [0.2, 0.25) is 0 Å². The molecule has 1 amide bonds. The van der Waals surface area contributed by atoms with Crippen LogP contribution < -0.4 is 10.6 Å². The summed E-state index contributed by atoms with van der Waals surface area (Å²) in [6.45, 7) is 0.658. The van der Waals surface area contributed by atoms with Crippen LogP contribution in [0, 0.1) is 0 Å². The van der Waals surface area contributed by atoms with Gasteiger partial charge < -0.3 is 20.8 Å². The number of nitrogens with zero attached hydrogens (tertiary/aromatic N) is 1. The quantitative estimate of drug-likeness (QED) is 0.440. The maximum Gasteiger partial charge on any atom is 0.320 e. The molecule has 1 aliphatic rings. The number of carbonyl (C=O) groups excluding carboxylic acids is 1. The van der Waals surface area contributed by atoms with Crippen LogP contribution in [-0.2, 0) is 9.59 Å². The van der Waals surface area contributed by atoms with Crippen molar-refractivity contribution in [2.45, 2.75) is 24.6 Å². The number of carboxylic acid groups (broad SMARTS) is 1. The molecule has 0 aromatic heterocycles. The normalized spacial score (nSPS) is 26.8. The van der Waals surface area contributed by atoms with E-state index in [4.69, 9.17) is 5.11 Å². The zero-order valence-corrected chi connectivity index (χ0v) is 10.0. The predicted octanol–water partition coefficient (Wildman–Crippen LogP) is -2.16. The lowest BCUT2D eigenvalue weighted by Gasteiger charge is -2.15. The minimum absolute atomic E-state index is 0.177. The fourth-order valence-electron chi connectivity index (χ4n) is 1.98. The van der Waals surface area contributed by atoms with E-state index < -0.39 is 24.0 Å². The Morgan fingerprint density at radius 3 is 2.65 bits per heavy atom. The summed E-state index contributed by atoms with van der Waals surface area (Å²) in [4.78, 5) is 24.0. The van der Waals surface area contributed by atoms with E-state index in [9.17, 15) is 14.7 Å². The van der Waals surface area contributed by atoms with Crippen molar-refractivity contribution in [2.24, 2.45) is 0 Å². The van der Waals surface area contributed by atoms with Crippen molar-refractivity contribution < 1.29 is 19.8 Å². The number of amides is 1. The van der Waals surface area contributed by atoms with Crippen LogP contribution in [0.5, 0.6) is 0 Å². The highest BCUT2D eigenvalue weighted by atomic mass is 16.4. The Kier molecular flexibility index (Phi) is 4.86. The van der Waals surface area contributed by atoms with Gasteiger partial charge in [-0.05, 0) is 20.5 Å². The summed E-state index contributed by atoms with van der Waals surface area (Å²) in [6.07, 6.45) is -0.738. The topological polar surface area (TPSA) is 102 Å². The second kappa shape index (κ2) is 5.95. The van der Waals surface area contributed by atoms with Crippen molar-refractivity contribution in [3.8, 4) is 0 Å². The average molecular weight is 245 g/mol. The lowest BCUT2D eigenvalue weighted by atomic mass is 10.1. The van der Waals surface area contributed by atoms with Crippen LogP contribution in [0.4, 0.5) is 0 Å². The number of likely N-dealkylation sites (N-methyl/N-ethyl adjacent to an activating group) is 2. The van der Waals surface area contributed by atoms with Crippen LogP contribution in [0.3, 0.4) is 0 Å². The van der Waals surface area contributed by atoms with Gasteiger partial charge in [0.25, 0.3) is 0 Å². The zero-order chi connectivity index (χ0) is 13.0. The molecule has 0 aliphatic carbocycles. The summed E-state index contributed by atoms with van der Waals surface area (Å²) >= 11 is 0. The number of hydrogen-bond donors (Lipinski definition) is 4. The molecule has 0 aromatic carbocycles. The molecule has 7 heteroatoms. The Morgan fingerprint density at radius 1 is 1.53 bits per heavy atom. The molecule has 0 spiro atoms. The number of aliphatic hydroxyl groups excluding tert-OH is 1. The first-order chi connectivity index (χ1) is 7.95. The van der Waals surface area contributed by atoms with Gasteiger partial charge in [-0.3, -0.25) is 14.5 Å². The SMILES string of the molecule is CNCC(O)C(=O)NC1CC(C(=O)O)N(C)C1. The first-order valence-electron chi connectivity index (χ1n) is 5.51. The number of aliphatic carboxylic acids is 1. The van der Waals surface area contributed by atoms with Gasteiger partial charge in [-0.1, -0.05) is 0 Å². The standard InChI is InChI=1S/C10H19N3O4/c1-11-4-8(14)9(15)12-6-3-7(10(16)17)13(2)5-6/h6-8,11,14H,3-5H2,1-2H3,(H,12,15)(H,16,17). The molecule has 0 bridgehead atoms. The van der Waals surface area contributed by atoms with E-state index in [1.54, 1.807) is 19.0 Å². The van der Waals surface area contributed by atoms with Gasteiger partial charge in [0, 0.05) is 19.1 Å². The van der Waals surface area contributed by atoms with E-state index >= 15 is 0 Å². The van der Waals surface area contributed by atoms with E-state index in [1.807, 2.05) is 0 Å². The van der Waals surface area contributed by atoms with Crippen LogP contribution >= 0.6 is 0 Å². The lowest BCUT2D eigenvalue weighted by molar-refractivity contribution is -0.141. The molecular formula is C10H19N3O4. The highest BCUT2D eigenvalue weighted by molar-refractivity contribution is 5.81. The molecule has 0 aromatic rings. The van der Waals surface area contributed by atoms with Gasteiger partial charge in [-0.2, -0.15) is 0 Å². The van der Waals surface area contributed by atoms with Gasteiger partial charge in [0.1, 0.15) is 12.1 Å². The van der Waals surface area contributed by atoms with Crippen LogP contribution in [0.25, 0.3) is 0 Å². The highest BCUT2D eigenvalue weighted by Gasteiger charge is 2.35. The van der Waals surface area contributed by atoms with Crippen molar-refractivity contribution in [1.82, 2.24) is 15.5 Å². The first kappa shape index (κ1) is 13.9. The van der Waals surface area contributed by atoms with E-state index in [1.165, 1.54) is 0 Å². The zero-order valence-electron chi connectivity index (χ0n) is 10.0. The van der Waals surface area contributed by atoms with E-state index in [-0.39, 0.29) is 12.6 Å². The van der Waals surface area contributed by atoms with Crippen molar-refractivity contribution in [3.05, 3.63) is 0 Å². The van der Waals surface area contributed by atoms with Gasteiger partial charge in [0.15, 0.2) is 0 Å². The Morgan fingerprint density at radius 2 is 2.18 bits per heavy atom. The molecule has 1 rings (SSSR count). The minimum Gasteiger partial charge on any atom is -0.480 e. The third kappa shape index (κ3) is 3.65. The van der Waals surface area contributed by atoms with Crippen LogP contribution in [0.1, 0.15) is 6.42 Å². The molecule has 7 nitrogen and oxygen atoms in total. The largest absolute Gasteiger partial charge is 0.480 e. The van der Waals surface area contributed by atoms with Crippen molar-refractivity contribution in [2.75, 3.05) is 27.2 Å².